The lowest BCUT2D eigenvalue weighted by Crippen LogP contribution is -2.53. The van der Waals surface area contributed by atoms with E-state index in [1.807, 2.05) is 35.2 Å². The highest BCUT2D eigenvalue weighted by atomic mass is 35.5. The van der Waals surface area contributed by atoms with Crippen molar-refractivity contribution in [3.05, 3.63) is 69.2 Å². The Labute approximate surface area is 179 Å². The van der Waals surface area contributed by atoms with Crippen molar-refractivity contribution < 1.29 is 9.72 Å². The average molecular weight is 428 g/mol. The van der Waals surface area contributed by atoms with Crippen LogP contribution in [-0.2, 0) is 4.79 Å². The number of non-ortho nitro benzene ring substituents is 1. The molecule has 8 nitrogen and oxygen atoms in total. The van der Waals surface area contributed by atoms with Crippen LogP contribution >= 0.6 is 11.6 Å². The van der Waals surface area contributed by atoms with Crippen LogP contribution in [0.5, 0.6) is 0 Å². The Morgan fingerprint density at radius 1 is 1.17 bits per heavy atom. The number of halogens is 1. The van der Waals surface area contributed by atoms with E-state index in [1.54, 1.807) is 6.92 Å². The predicted molar refractivity (Wildman–Crippen MR) is 114 cm³/mol. The van der Waals surface area contributed by atoms with Crippen molar-refractivity contribution in [2.45, 2.75) is 19.0 Å². The van der Waals surface area contributed by atoms with Crippen molar-refractivity contribution in [1.29, 1.82) is 5.26 Å². The number of nitrogens with one attached hydrogen (secondary N) is 1. The molecule has 2 aromatic rings. The molecule has 2 atom stereocenters. The molecular formula is C21H22ClN5O3. The molecule has 30 heavy (non-hydrogen) atoms. The number of hydrogen-bond acceptors (Lipinski definition) is 6. The van der Waals surface area contributed by atoms with Gasteiger partial charge in [-0.25, -0.2) is 0 Å². The molecule has 9 heteroatoms. The summed E-state index contributed by atoms with van der Waals surface area (Å²) in [5, 5.41) is 23.5. The van der Waals surface area contributed by atoms with Gasteiger partial charge >= 0.3 is 0 Å². The van der Waals surface area contributed by atoms with Gasteiger partial charge in [0.2, 0.25) is 5.91 Å². The Hall–Kier alpha value is -2.99. The highest BCUT2D eigenvalue weighted by molar-refractivity contribution is 6.33. The molecule has 1 aliphatic heterocycles. The van der Waals surface area contributed by atoms with Crippen LogP contribution in [0.1, 0.15) is 18.5 Å². The molecule has 1 amide bonds. The van der Waals surface area contributed by atoms with Gasteiger partial charge in [-0.3, -0.25) is 24.7 Å². The van der Waals surface area contributed by atoms with E-state index in [-0.39, 0.29) is 28.3 Å². The zero-order valence-corrected chi connectivity index (χ0v) is 17.2. The Kier molecular flexibility index (Phi) is 7.00. The summed E-state index contributed by atoms with van der Waals surface area (Å²) in [7, 11) is 0. The summed E-state index contributed by atoms with van der Waals surface area (Å²) < 4.78 is 0. The van der Waals surface area contributed by atoms with Gasteiger partial charge in [0, 0.05) is 38.3 Å². The molecule has 0 spiro atoms. The zero-order valence-electron chi connectivity index (χ0n) is 16.5. The second kappa shape index (κ2) is 9.67. The third-order valence-corrected chi connectivity index (χ3v) is 5.63. The number of carbonyl (C=O) groups is 1. The van der Waals surface area contributed by atoms with E-state index < -0.39 is 11.0 Å². The molecule has 0 saturated carbocycles. The van der Waals surface area contributed by atoms with Gasteiger partial charge in [-0.1, -0.05) is 41.9 Å². The van der Waals surface area contributed by atoms with Gasteiger partial charge < -0.3 is 5.32 Å². The summed E-state index contributed by atoms with van der Waals surface area (Å²) in [6.07, 6.45) is 0. The first-order valence-electron chi connectivity index (χ1n) is 9.58. The summed E-state index contributed by atoms with van der Waals surface area (Å²) in [5.41, 5.74) is 1.04. The number of nitro benzene ring substituents is 1. The minimum absolute atomic E-state index is 0.139. The van der Waals surface area contributed by atoms with Crippen LogP contribution in [0.2, 0.25) is 5.02 Å². The van der Waals surface area contributed by atoms with E-state index in [0.717, 1.165) is 5.56 Å². The van der Waals surface area contributed by atoms with Crippen LogP contribution in [0, 0.1) is 21.4 Å². The first-order valence-corrected chi connectivity index (χ1v) is 9.96. The summed E-state index contributed by atoms with van der Waals surface area (Å²) in [6, 6.07) is 15.2. The molecule has 156 valence electrons. The predicted octanol–water partition coefficient (Wildman–Crippen LogP) is 3.46. The lowest BCUT2D eigenvalue weighted by molar-refractivity contribution is -0.384. The molecule has 1 saturated heterocycles. The minimum Gasteiger partial charge on any atom is -0.323 e. The van der Waals surface area contributed by atoms with Crippen molar-refractivity contribution in [3.63, 3.8) is 0 Å². The number of anilines is 1. The Morgan fingerprint density at radius 2 is 1.80 bits per heavy atom. The molecule has 0 bridgehead atoms. The van der Waals surface area contributed by atoms with E-state index in [1.165, 1.54) is 18.2 Å². The summed E-state index contributed by atoms with van der Waals surface area (Å²) in [6.45, 7) is 4.35. The lowest BCUT2D eigenvalue weighted by Gasteiger charge is -2.39. The third-order valence-electron chi connectivity index (χ3n) is 5.30. The van der Waals surface area contributed by atoms with E-state index in [9.17, 15) is 20.2 Å². The molecule has 0 aliphatic carbocycles. The number of nitro groups is 1. The van der Waals surface area contributed by atoms with Gasteiger partial charge in [-0.15, -0.1) is 0 Å². The smallest absolute Gasteiger partial charge is 0.271 e. The number of amides is 1. The van der Waals surface area contributed by atoms with Crippen LogP contribution < -0.4 is 5.32 Å². The van der Waals surface area contributed by atoms with Crippen molar-refractivity contribution >= 4 is 28.9 Å². The standard InChI is InChI=1S/C21H22ClN5O3/c1-15(21(28)24-19-13-17(27(29)30)7-8-18(19)22)25-9-11-26(12-10-25)20(14-23)16-5-3-2-4-6-16/h2-8,13,15,20H,9-12H2,1H3,(H,24,28). The van der Waals surface area contributed by atoms with Crippen LogP contribution in [0.4, 0.5) is 11.4 Å². The number of carbonyl (C=O) groups excluding carboxylic acids is 1. The van der Waals surface area contributed by atoms with Gasteiger partial charge in [-0.05, 0) is 18.6 Å². The Morgan fingerprint density at radius 3 is 2.40 bits per heavy atom. The first-order chi connectivity index (χ1) is 14.4. The van der Waals surface area contributed by atoms with E-state index in [0.29, 0.717) is 26.2 Å². The average Bonchev–Trinajstić information content (AvgIpc) is 2.76. The second-order valence-electron chi connectivity index (χ2n) is 7.10. The largest absolute Gasteiger partial charge is 0.323 e. The molecule has 1 fully saturated rings. The van der Waals surface area contributed by atoms with E-state index in [2.05, 4.69) is 16.3 Å². The van der Waals surface area contributed by atoms with Crippen molar-refractivity contribution in [2.75, 3.05) is 31.5 Å². The van der Waals surface area contributed by atoms with Gasteiger partial charge in [-0.2, -0.15) is 5.26 Å². The van der Waals surface area contributed by atoms with Crippen molar-refractivity contribution in [1.82, 2.24) is 9.80 Å². The number of nitriles is 1. The van der Waals surface area contributed by atoms with Crippen LogP contribution in [0.15, 0.2) is 48.5 Å². The molecule has 2 unspecified atom stereocenters. The fourth-order valence-corrected chi connectivity index (χ4v) is 3.68. The Bertz CT molecular complexity index is 955. The van der Waals surface area contributed by atoms with Crippen LogP contribution in [-0.4, -0.2) is 52.9 Å². The molecule has 2 aromatic carbocycles. The summed E-state index contributed by atoms with van der Waals surface area (Å²) in [5.74, 6) is -0.286. The maximum absolute atomic E-state index is 12.7. The van der Waals surface area contributed by atoms with Gasteiger partial charge in [0.1, 0.15) is 6.04 Å². The normalized spacial score (nSPS) is 17.0. The topological polar surface area (TPSA) is 103 Å². The molecule has 1 aliphatic rings. The van der Waals surface area contributed by atoms with E-state index >= 15 is 0 Å². The molecule has 0 radical (unpaired) electrons. The second-order valence-corrected chi connectivity index (χ2v) is 7.51. The van der Waals surface area contributed by atoms with Crippen molar-refractivity contribution in [2.24, 2.45) is 0 Å². The first kappa shape index (κ1) is 21.7. The fraction of sp³-hybridized carbons (Fsp3) is 0.333. The minimum atomic E-state index is -0.535. The fourth-order valence-electron chi connectivity index (χ4n) is 3.51. The lowest BCUT2D eigenvalue weighted by atomic mass is 10.1. The monoisotopic (exact) mass is 427 g/mol. The van der Waals surface area contributed by atoms with Gasteiger partial charge in [0.25, 0.3) is 5.69 Å². The third kappa shape index (κ3) is 4.94. The SMILES string of the molecule is CC(C(=O)Nc1cc([N+](=O)[O-])ccc1Cl)N1CCN(C(C#N)c2ccccc2)CC1. The molecule has 3 rings (SSSR count). The Balaban J connectivity index is 1.60. The van der Waals surface area contributed by atoms with Gasteiger partial charge in [0.05, 0.1) is 27.7 Å². The number of nitrogens with zero attached hydrogens (tertiary/aromatic N) is 4. The maximum Gasteiger partial charge on any atom is 0.271 e. The number of benzene rings is 2. The number of hydrogen-bond donors (Lipinski definition) is 1. The highest BCUT2D eigenvalue weighted by Crippen LogP contribution is 2.27. The molecule has 0 aromatic heterocycles. The van der Waals surface area contributed by atoms with Crippen LogP contribution in [0.3, 0.4) is 0 Å². The molecular weight excluding hydrogens is 406 g/mol. The zero-order chi connectivity index (χ0) is 21.7. The summed E-state index contributed by atoms with van der Waals surface area (Å²) >= 11 is 6.08. The summed E-state index contributed by atoms with van der Waals surface area (Å²) in [4.78, 5) is 27.2. The number of rotatable bonds is 6. The highest BCUT2D eigenvalue weighted by Gasteiger charge is 2.29. The van der Waals surface area contributed by atoms with Crippen molar-refractivity contribution in [3.8, 4) is 6.07 Å². The molecule has 1 N–H and O–H groups in total. The van der Waals surface area contributed by atoms with Crippen LogP contribution in [0.25, 0.3) is 0 Å². The van der Waals surface area contributed by atoms with Gasteiger partial charge in [0.15, 0.2) is 0 Å². The van der Waals surface area contributed by atoms with E-state index in [4.69, 9.17) is 11.6 Å². The number of piperazine rings is 1. The molecule has 1 heterocycles. The quantitative estimate of drug-likeness (QED) is 0.559. The maximum atomic E-state index is 12.7.